The monoisotopic (exact) mass is 640 g/mol. The maximum atomic E-state index is 13.6. The van der Waals surface area contributed by atoms with Gasteiger partial charge in [-0.1, -0.05) is 24.3 Å². The maximum Gasteiger partial charge on any atom is 0.490 e. The number of pyridine rings is 1. The van der Waals surface area contributed by atoms with Gasteiger partial charge >= 0.3 is 18.2 Å². The molecular weight excluding hydrogens is 605 g/mol. The maximum absolute atomic E-state index is 13.6. The Bertz CT molecular complexity index is 1670. The van der Waals surface area contributed by atoms with Gasteiger partial charge in [0.25, 0.3) is 0 Å². The number of benzene rings is 3. The molecule has 0 aliphatic carbocycles. The lowest BCUT2D eigenvalue weighted by molar-refractivity contribution is -0.192. The molecule has 4 aromatic rings. The number of anilines is 3. The first-order chi connectivity index (χ1) is 21.8. The zero-order valence-electron chi connectivity index (χ0n) is 25.4. The van der Waals surface area contributed by atoms with Crippen molar-refractivity contribution in [2.75, 3.05) is 36.6 Å². The predicted octanol–water partition coefficient (Wildman–Crippen LogP) is 5.80. The Morgan fingerprint density at radius 1 is 1.00 bits per heavy atom. The fourth-order valence-electron chi connectivity index (χ4n) is 4.12. The number of nitrogens with zero attached hydrogens (tertiary/aromatic N) is 2. The minimum Gasteiger partial charge on any atom is -0.494 e. The normalized spacial score (nSPS) is 11.4. The van der Waals surface area contributed by atoms with Crippen molar-refractivity contribution in [2.45, 2.75) is 32.6 Å². The summed E-state index contributed by atoms with van der Waals surface area (Å²) in [5.74, 6) is -1.82. The molecule has 1 unspecified atom stereocenters. The van der Waals surface area contributed by atoms with Crippen molar-refractivity contribution >= 4 is 45.9 Å². The lowest BCUT2D eigenvalue weighted by Gasteiger charge is -2.21. The molecule has 0 radical (unpaired) electrons. The first-order valence-corrected chi connectivity index (χ1v) is 14.1. The molecular formula is C32H35F3N6O5. The molecule has 11 nitrogen and oxygen atoms in total. The summed E-state index contributed by atoms with van der Waals surface area (Å²) < 4.78 is 37.4. The van der Waals surface area contributed by atoms with Gasteiger partial charge in [-0.2, -0.15) is 13.2 Å². The minimum absolute atomic E-state index is 0.190. The summed E-state index contributed by atoms with van der Waals surface area (Å²) in [6, 6.07) is 21.6. The van der Waals surface area contributed by atoms with Crippen molar-refractivity contribution in [3.05, 3.63) is 90.1 Å². The third-order valence-electron chi connectivity index (χ3n) is 6.58. The van der Waals surface area contributed by atoms with E-state index < -0.39 is 18.2 Å². The van der Waals surface area contributed by atoms with E-state index in [4.69, 9.17) is 20.4 Å². The Hall–Kier alpha value is -5.53. The van der Waals surface area contributed by atoms with E-state index >= 15 is 0 Å². The summed E-state index contributed by atoms with van der Waals surface area (Å²) in [6.07, 6.45) is -3.42. The number of hydrogen-bond acceptors (Lipinski definition) is 7. The second kappa shape index (κ2) is 16.0. The Labute approximate surface area is 263 Å². The van der Waals surface area contributed by atoms with Crippen LogP contribution in [0.15, 0.2) is 79.0 Å². The van der Waals surface area contributed by atoms with Crippen LogP contribution in [0.25, 0.3) is 10.8 Å². The van der Waals surface area contributed by atoms with Gasteiger partial charge in [0.1, 0.15) is 17.6 Å². The Kier molecular flexibility index (Phi) is 12.1. The average molecular weight is 641 g/mol. The van der Waals surface area contributed by atoms with Crippen LogP contribution in [0.1, 0.15) is 31.0 Å². The van der Waals surface area contributed by atoms with Crippen LogP contribution in [0.2, 0.25) is 0 Å². The van der Waals surface area contributed by atoms with Crippen molar-refractivity contribution in [3.8, 4) is 5.75 Å². The zero-order valence-corrected chi connectivity index (χ0v) is 25.4. The molecule has 3 amide bonds. The van der Waals surface area contributed by atoms with Gasteiger partial charge in [0.05, 0.1) is 6.61 Å². The molecule has 0 aliphatic rings. The second-order valence-electron chi connectivity index (χ2n) is 9.88. The summed E-state index contributed by atoms with van der Waals surface area (Å²) in [5.41, 5.74) is 9.06. The van der Waals surface area contributed by atoms with Crippen LogP contribution < -0.4 is 26.4 Å². The lowest BCUT2D eigenvalue weighted by atomic mass is 10.0. The molecule has 1 heterocycles. The van der Waals surface area contributed by atoms with Gasteiger partial charge in [0, 0.05) is 43.1 Å². The molecule has 1 atom stereocenters. The molecule has 1 aromatic heterocycles. The molecule has 46 heavy (non-hydrogen) atoms. The summed E-state index contributed by atoms with van der Waals surface area (Å²) in [5, 5.41) is 18.2. The molecule has 0 spiro atoms. The van der Waals surface area contributed by atoms with Crippen LogP contribution in [0.3, 0.4) is 0 Å². The van der Waals surface area contributed by atoms with Gasteiger partial charge in [-0.3, -0.25) is 4.79 Å². The number of carboxylic acids is 1. The number of rotatable bonds is 10. The molecule has 4 rings (SSSR count). The number of ether oxygens (including phenoxy) is 1. The average Bonchev–Trinajstić information content (AvgIpc) is 3.02. The summed E-state index contributed by atoms with van der Waals surface area (Å²) in [7, 11) is 1.73. The number of hydrogen-bond donors (Lipinski definition) is 5. The molecule has 0 saturated carbocycles. The Morgan fingerprint density at radius 2 is 1.72 bits per heavy atom. The molecule has 0 fully saturated rings. The number of alkyl halides is 3. The number of carbonyl (C=O) groups excluding carboxylic acids is 2. The largest absolute Gasteiger partial charge is 0.494 e. The quantitative estimate of drug-likeness (QED) is 0.145. The number of nitrogen functional groups attached to an aromatic ring is 1. The molecule has 14 heteroatoms. The number of nitrogens with one attached hydrogen (secondary N) is 3. The van der Waals surface area contributed by atoms with E-state index in [2.05, 4.69) is 20.9 Å². The van der Waals surface area contributed by atoms with E-state index in [1.165, 1.54) is 0 Å². The highest BCUT2D eigenvalue weighted by Crippen LogP contribution is 2.27. The molecule has 244 valence electrons. The van der Waals surface area contributed by atoms with Gasteiger partial charge in [0.15, 0.2) is 0 Å². The highest BCUT2D eigenvalue weighted by atomic mass is 19.4. The fourth-order valence-corrected chi connectivity index (χ4v) is 4.12. The number of carbonyl (C=O) groups is 3. The van der Waals surface area contributed by atoms with Gasteiger partial charge in [0.2, 0.25) is 5.91 Å². The Balaban J connectivity index is 0.000000738. The topological polar surface area (TPSA) is 159 Å². The first kappa shape index (κ1) is 35.0. The van der Waals surface area contributed by atoms with E-state index in [0.717, 1.165) is 27.6 Å². The van der Waals surface area contributed by atoms with E-state index in [0.29, 0.717) is 30.4 Å². The van der Waals surface area contributed by atoms with Crippen molar-refractivity contribution in [3.63, 3.8) is 0 Å². The van der Waals surface area contributed by atoms with Crippen LogP contribution in [0, 0.1) is 0 Å². The third kappa shape index (κ3) is 10.0. The SMILES string of the molecule is CCOc1cccc(C(Nc2ccc3c(N)nccc3c2)C(=O)NCc2cccc(NC(=O)N(C)CC)c2)c1.O=C(O)C(F)(F)F. The standard InChI is InChI=1S/C30H34N6O3.C2HF3O2/c1-4-36(3)30(38)35-23-10-6-8-20(16-23)19-33-29(37)27(22-9-7-11-25(18-22)39-5-2)34-24-12-13-26-21(17-24)14-15-32-28(26)31;3-2(4,5)1(6)7/h6-18,27,34H,4-5,19H2,1-3H3,(H2,31,32)(H,33,37)(H,35,38);(H,6,7). The number of aliphatic carboxylic acids is 1. The first-order valence-electron chi connectivity index (χ1n) is 14.1. The summed E-state index contributed by atoms with van der Waals surface area (Å²) in [6.45, 7) is 5.23. The number of halogens is 3. The molecule has 0 saturated heterocycles. The number of carboxylic acid groups (broad SMARTS) is 1. The van der Waals surface area contributed by atoms with Crippen LogP contribution in [0.5, 0.6) is 5.75 Å². The van der Waals surface area contributed by atoms with Gasteiger partial charge in [-0.15, -0.1) is 0 Å². The second-order valence-corrected chi connectivity index (χ2v) is 9.88. The fraction of sp³-hybridized carbons (Fsp3) is 0.250. The smallest absolute Gasteiger partial charge is 0.490 e. The van der Waals surface area contributed by atoms with E-state index in [-0.39, 0.29) is 18.5 Å². The summed E-state index contributed by atoms with van der Waals surface area (Å²) in [4.78, 5) is 40.4. The van der Waals surface area contributed by atoms with Crippen LogP contribution in [-0.2, 0) is 16.1 Å². The van der Waals surface area contributed by atoms with Gasteiger partial charge in [-0.05, 0) is 78.9 Å². The number of urea groups is 1. The van der Waals surface area contributed by atoms with Crippen molar-refractivity contribution in [1.29, 1.82) is 0 Å². The summed E-state index contributed by atoms with van der Waals surface area (Å²) >= 11 is 0. The van der Waals surface area contributed by atoms with E-state index in [9.17, 15) is 22.8 Å². The van der Waals surface area contributed by atoms with E-state index in [1.807, 2.05) is 86.6 Å². The minimum atomic E-state index is -5.08. The molecule has 6 N–H and O–H groups in total. The van der Waals surface area contributed by atoms with Crippen molar-refractivity contribution < 1.29 is 37.4 Å². The third-order valence-corrected chi connectivity index (χ3v) is 6.58. The zero-order chi connectivity index (χ0) is 33.9. The lowest BCUT2D eigenvalue weighted by Crippen LogP contribution is -2.33. The highest BCUT2D eigenvalue weighted by Gasteiger charge is 2.38. The van der Waals surface area contributed by atoms with Crippen molar-refractivity contribution in [2.24, 2.45) is 0 Å². The van der Waals surface area contributed by atoms with Crippen molar-refractivity contribution in [1.82, 2.24) is 15.2 Å². The molecule has 0 aliphatic heterocycles. The molecule has 0 bridgehead atoms. The van der Waals surface area contributed by atoms with Crippen LogP contribution in [0.4, 0.5) is 35.2 Å². The number of amides is 3. The number of aromatic nitrogens is 1. The predicted molar refractivity (Wildman–Crippen MR) is 169 cm³/mol. The van der Waals surface area contributed by atoms with E-state index in [1.54, 1.807) is 18.1 Å². The van der Waals surface area contributed by atoms with Crippen LogP contribution >= 0.6 is 0 Å². The number of nitrogens with two attached hydrogens (primary N) is 1. The van der Waals surface area contributed by atoms with Crippen LogP contribution in [-0.4, -0.2) is 59.3 Å². The van der Waals surface area contributed by atoms with Gasteiger partial charge < -0.3 is 36.4 Å². The highest BCUT2D eigenvalue weighted by molar-refractivity contribution is 5.94. The number of fused-ring (bicyclic) bond motifs is 1. The molecule has 3 aromatic carbocycles. The Morgan fingerprint density at radius 3 is 2.39 bits per heavy atom. The van der Waals surface area contributed by atoms with Gasteiger partial charge in [-0.25, -0.2) is 14.6 Å².